The van der Waals surface area contributed by atoms with Gasteiger partial charge in [-0.3, -0.25) is 0 Å². The molecule has 1 fully saturated rings. The van der Waals surface area contributed by atoms with Gasteiger partial charge in [-0.2, -0.15) is 11.8 Å². The van der Waals surface area contributed by atoms with E-state index in [1.165, 1.54) is 30.4 Å². The molecule has 1 aromatic carbocycles. The fraction of sp³-hybridized carbons (Fsp3) is 0.529. The first-order chi connectivity index (χ1) is 9.78. The molecule has 0 aliphatic heterocycles. The minimum absolute atomic E-state index is 0.283. The number of benzene rings is 1. The van der Waals surface area contributed by atoms with Crippen molar-refractivity contribution in [2.45, 2.75) is 50.4 Å². The maximum absolute atomic E-state index is 5.97. The molecule has 0 bridgehead atoms. The lowest BCUT2D eigenvalue weighted by molar-refractivity contribution is 0.405. The van der Waals surface area contributed by atoms with E-state index >= 15 is 0 Å². The van der Waals surface area contributed by atoms with Gasteiger partial charge in [0.25, 0.3) is 0 Å². The van der Waals surface area contributed by atoms with Crippen molar-refractivity contribution in [1.82, 2.24) is 5.32 Å². The van der Waals surface area contributed by atoms with Crippen molar-refractivity contribution in [1.29, 1.82) is 0 Å². The number of thioether (sulfide) groups is 1. The molecule has 1 N–H and O–H groups in total. The predicted molar refractivity (Wildman–Crippen MR) is 87.3 cm³/mol. The number of furan rings is 1. The molecule has 3 rings (SSSR count). The average Bonchev–Trinajstić information content (AvgIpc) is 3.06. The number of fused-ring (bicyclic) bond motifs is 1. The van der Waals surface area contributed by atoms with Gasteiger partial charge in [0, 0.05) is 16.7 Å². The third-order valence-electron chi connectivity index (χ3n) is 4.17. The van der Waals surface area contributed by atoms with E-state index in [0.29, 0.717) is 6.04 Å². The van der Waals surface area contributed by atoms with E-state index < -0.39 is 0 Å². The summed E-state index contributed by atoms with van der Waals surface area (Å²) in [6.45, 7) is 4.46. The lowest BCUT2D eigenvalue weighted by atomic mass is 10.1. The Kier molecular flexibility index (Phi) is 4.37. The molecule has 3 heteroatoms. The zero-order valence-electron chi connectivity index (χ0n) is 12.3. The Morgan fingerprint density at radius 3 is 3.00 bits per heavy atom. The van der Waals surface area contributed by atoms with E-state index in [4.69, 9.17) is 4.42 Å². The molecule has 0 spiro atoms. The second-order valence-corrected chi connectivity index (χ2v) is 7.12. The number of hydrogen-bond acceptors (Lipinski definition) is 3. The third-order valence-corrected chi connectivity index (χ3v) is 5.49. The third kappa shape index (κ3) is 2.89. The molecule has 2 aromatic rings. The van der Waals surface area contributed by atoms with E-state index in [9.17, 15) is 0 Å². The highest BCUT2D eigenvalue weighted by Crippen LogP contribution is 2.32. The van der Waals surface area contributed by atoms with Gasteiger partial charge in [0.05, 0.1) is 6.04 Å². The zero-order valence-corrected chi connectivity index (χ0v) is 13.1. The van der Waals surface area contributed by atoms with Crippen LogP contribution in [0, 0.1) is 0 Å². The van der Waals surface area contributed by atoms with Crippen molar-refractivity contribution in [3.63, 3.8) is 0 Å². The maximum Gasteiger partial charge on any atom is 0.134 e. The molecular weight excluding hydrogens is 266 g/mol. The SMILES string of the molecule is CCSC1CCCC1NC(C)c1cc2ccccc2o1. The van der Waals surface area contributed by atoms with Gasteiger partial charge < -0.3 is 9.73 Å². The van der Waals surface area contributed by atoms with E-state index in [-0.39, 0.29) is 6.04 Å². The van der Waals surface area contributed by atoms with Crippen molar-refractivity contribution in [2.75, 3.05) is 5.75 Å². The van der Waals surface area contributed by atoms with Crippen molar-refractivity contribution < 1.29 is 4.42 Å². The predicted octanol–water partition coefficient (Wildman–Crippen LogP) is 4.76. The van der Waals surface area contributed by atoms with E-state index in [1.54, 1.807) is 0 Å². The van der Waals surface area contributed by atoms with Gasteiger partial charge >= 0.3 is 0 Å². The van der Waals surface area contributed by atoms with Crippen LogP contribution in [0.4, 0.5) is 0 Å². The number of para-hydroxylation sites is 1. The van der Waals surface area contributed by atoms with Crippen LogP contribution in [0.3, 0.4) is 0 Å². The van der Waals surface area contributed by atoms with Crippen LogP contribution in [0.25, 0.3) is 11.0 Å². The minimum Gasteiger partial charge on any atom is -0.459 e. The standard InChI is InChI=1S/C17H23NOS/c1-3-20-17-10-6-8-14(17)18-12(2)16-11-13-7-4-5-9-15(13)19-16/h4-5,7,9,11-12,14,17-18H,3,6,8,10H2,1-2H3. The summed E-state index contributed by atoms with van der Waals surface area (Å²) in [5.74, 6) is 2.26. The van der Waals surface area contributed by atoms with E-state index in [0.717, 1.165) is 16.6 Å². The van der Waals surface area contributed by atoms with Gasteiger partial charge in [0.2, 0.25) is 0 Å². The smallest absolute Gasteiger partial charge is 0.134 e. The van der Waals surface area contributed by atoms with Gasteiger partial charge in [0.1, 0.15) is 11.3 Å². The maximum atomic E-state index is 5.97. The quantitative estimate of drug-likeness (QED) is 0.859. The van der Waals surface area contributed by atoms with Crippen LogP contribution in [0.1, 0.15) is 44.9 Å². The van der Waals surface area contributed by atoms with Crippen LogP contribution in [0.15, 0.2) is 34.7 Å². The van der Waals surface area contributed by atoms with Crippen LogP contribution in [-0.4, -0.2) is 17.0 Å². The highest BCUT2D eigenvalue weighted by molar-refractivity contribution is 7.99. The summed E-state index contributed by atoms with van der Waals surface area (Å²) >= 11 is 2.10. The van der Waals surface area contributed by atoms with Crippen molar-refractivity contribution in [3.05, 3.63) is 36.1 Å². The second-order valence-electron chi connectivity index (χ2n) is 5.61. The molecule has 1 aliphatic rings. The Bertz CT molecular complexity index is 532. The molecule has 20 heavy (non-hydrogen) atoms. The Hall–Kier alpha value is -0.930. The average molecular weight is 289 g/mol. The monoisotopic (exact) mass is 289 g/mol. The zero-order chi connectivity index (χ0) is 13.9. The summed E-state index contributed by atoms with van der Waals surface area (Å²) in [6, 6.07) is 11.3. The molecule has 108 valence electrons. The Morgan fingerprint density at radius 2 is 2.20 bits per heavy atom. The summed E-state index contributed by atoms with van der Waals surface area (Å²) in [5.41, 5.74) is 0.988. The first-order valence-corrected chi connectivity index (χ1v) is 8.69. The highest BCUT2D eigenvalue weighted by atomic mass is 32.2. The number of hydrogen-bond donors (Lipinski definition) is 1. The van der Waals surface area contributed by atoms with Crippen molar-refractivity contribution in [2.24, 2.45) is 0 Å². The topological polar surface area (TPSA) is 25.2 Å². The van der Waals surface area contributed by atoms with Crippen LogP contribution < -0.4 is 5.32 Å². The minimum atomic E-state index is 0.283. The van der Waals surface area contributed by atoms with Crippen LogP contribution in [0.2, 0.25) is 0 Å². The van der Waals surface area contributed by atoms with Crippen LogP contribution in [-0.2, 0) is 0 Å². The molecule has 2 nitrogen and oxygen atoms in total. The summed E-state index contributed by atoms with van der Waals surface area (Å²) in [7, 11) is 0. The fourth-order valence-electron chi connectivity index (χ4n) is 3.15. The van der Waals surface area contributed by atoms with Gasteiger partial charge in [-0.15, -0.1) is 0 Å². The molecule has 3 atom stereocenters. The first-order valence-electron chi connectivity index (χ1n) is 7.64. The summed E-state index contributed by atoms with van der Waals surface area (Å²) in [5, 5.41) is 5.74. The largest absolute Gasteiger partial charge is 0.459 e. The molecule has 0 saturated heterocycles. The van der Waals surface area contributed by atoms with Crippen LogP contribution in [0.5, 0.6) is 0 Å². The normalized spacial score (nSPS) is 24.3. The Labute approximate surface area is 125 Å². The molecular formula is C17H23NOS. The summed E-state index contributed by atoms with van der Waals surface area (Å²) in [4.78, 5) is 0. The first kappa shape index (κ1) is 14.0. The fourth-order valence-corrected chi connectivity index (χ4v) is 4.36. The molecule has 0 amide bonds. The van der Waals surface area contributed by atoms with E-state index in [1.807, 2.05) is 12.1 Å². The van der Waals surface area contributed by atoms with Crippen molar-refractivity contribution in [3.8, 4) is 0 Å². The molecule has 0 radical (unpaired) electrons. The van der Waals surface area contributed by atoms with Gasteiger partial charge in [-0.05, 0) is 37.7 Å². The summed E-state index contributed by atoms with van der Waals surface area (Å²) in [6.07, 6.45) is 3.99. The van der Waals surface area contributed by atoms with Gasteiger partial charge in [0.15, 0.2) is 0 Å². The van der Waals surface area contributed by atoms with Gasteiger partial charge in [-0.1, -0.05) is 31.5 Å². The van der Waals surface area contributed by atoms with Gasteiger partial charge in [-0.25, -0.2) is 0 Å². The highest BCUT2D eigenvalue weighted by Gasteiger charge is 2.28. The second kappa shape index (κ2) is 6.23. The Balaban J connectivity index is 1.70. The van der Waals surface area contributed by atoms with E-state index in [2.05, 4.69) is 49.1 Å². The number of rotatable bonds is 5. The molecule has 3 unspecified atom stereocenters. The number of nitrogens with one attached hydrogen (secondary N) is 1. The lowest BCUT2D eigenvalue weighted by Gasteiger charge is -2.23. The Morgan fingerprint density at radius 1 is 1.35 bits per heavy atom. The molecule has 1 aromatic heterocycles. The summed E-state index contributed by atoms with van der Waals surface area (Å²) < 4.78 is 5.97. The molecule has 1 aliphatic carbocycles. The van der Waals surface area contributed by atoms with Crippen molar-refractivity contribution >= 4 is 22.7 Å². The molecule has 1 heterocycles. The molecule has 1 saturated carbocycles. The van der Waals surface area contributed by atoms with Crippen LogP contribution >= 0.6 is 11.8 Å². The lowest BCUT2D eigenvalue weighted by Crippen LogP contribution is -2.35.